The number of benzene rings is 1. The monoisotopic (exact) mass is 220 g/mol. The Morgan fingerprint density at radius 3 is 2.50 bits per heavy atom. The fourth-order valence-corrected chi connectivity index (χ4v) is 1.23. The largest absolute Gasteiger partial charge is 0.497 e. The normalized spacial score (nSPS) is 10.1. The van der Waals surface area contributed by atoms with Gasteiger partial charge in [0.1, 0.15) is 23.8 Å². The van der Waals surface area contributed by atoms with Gasteiger partial charge in [-0.25, -0.2) is 0 Å². The summed E-state index contributed by atoms with van der Waals surface area (Å²) in [6.45, 7) is 0.326. The van der Waals surface area contributed by atoms with E-state index in [-0.39, 0.29) is 5.88 Å². The molecule has 0 fully saturated rings. The quantitative estimate of drug-likeness (QED) is 0.851. The molecule has 2 N–H and O–H groups in total. The van der Waals surface area contributed by atoms with E-state index in [4.69, 9.17) is 19.7 Å². The summed E-state index contributed by atoms with van der Waals surface area (Å²) in [5.41, 5.74) is 6.04. The van der Waals surface area contributed by atoms with Crippen molar-refractivity contribution in [2.24, 2.45) is 0 Å². The summed E-state index contributed by atoms with van der Waals surface area (Å²) < 4.78 is 15.2. The summed E-state index contributed by atoms with van der Waals surface area (Å²) >= 11 is 0. The van der Waals surface area contributed by atoms with E-state index in [0.717, 1.165) is 11.5 Å². The van der Waals surface area contributed by atoms with Gasteiger partial charge in [-0.1, -0.05) is 5.16 Å². The van der Waals surface area contributed by atoms with Crippen molar-refractivity contribution in [2.45, 2.75) is 6.61 Å². The Labute approximate surface area is 92.8 Å². The fraction of sp³-hybridized carbons (Fsp3) is 0.182. The van der Waals surface area contributed by atoms with Crippen molar-refractivity contribution in [3.63, 3.8) is 0 Å². The van der Waals surface area contributed by atoms with Gasteiger partial charge in [-0.2, -0.15) is 0 Å². The van der Waals surface area contributed by atoms with Gasteiger partial charge in [0, 0.05) is 6.07 Å². The van der Waals surface area contributed by atoms with Crippen molar-refractivity contribution in [1.82, 2.24) is 5.16 Å². The lowest BCUT2D eigenvalue weighted by molar-refractivity contribution is 0.289. The molecule has 5 heteroatoms. The number of ether oxygens (including phenoxy) is 2. The first kappa shape index (κ1) is 10.4. The second-order valence-corrected chi connectivity index (χ2v) is 3.18. The summed E-state index contributed by atoms with van der Waals surface area (Å²) in [7, 11) is 1.62. The third-order valence-corrected chi connectivity index (χ3v) is 2.02. The van der Waals surface area contributed by atoms with Crippen molar-refractivity contribution in [3.05, 3.63) is 36.0 Å². The summed E-state index contributed by atoms with van der Waals surface area (Å²) in [6.07, 6.45) is 0. The molecular formula is C11H12N2O3. The summed E-state index contributed by atoms with van der Waals surface area (Å²) in [5.74, 6) is 1.81. The van der Waals surface area contributed by atoms with Crippen LogP contribution in [0.3, 0.4) is 0 Å². The lowest BCUT2D eigenvalue weighted by Crippen LogP contribution is -1.95. The summed E-state index contributed by atoms with van der Waals surface area (Å²) in [6, 6.07) is 8.92. The maximum atomic E-state index is 5.47. The molecule has 2 rings (SSSR count). The van der Waals surface area contributed by atoms with Crippen LogP contribution in [0.25, 0.3) is 0 Å². The first-order valence-electron chi connectivity index (χ1n) is 4.76. The minimum Gasteiger partial charge on any atom is -0.497 e. The highest BCUT2D eigenvalue weighted by atomic mass is 16.5. The molecule has 16 heavy (non-hydrogen) atoms. The lowest BCUT2D eigenvalue weighted by Gasteiger charge is -2.04. The number of nitrogen functional groups attached to an aromatic ring is 1. The molecule has 84 valence electrons. The van der Waals surface area contributed by atoms with Crippen molar-refractivity contribution in [2.75, 3.05) is 12.8 Å². The molecule has 0 amide bonds. The highest BCUT2D eigenvalue weighted by Crippen LogP contribution is 2.18. The van der Waals surface area contributed by atoms with Crippen LogP contribution in [0.15, 0.2) is 34.9 Å². The average Bonchev–Trinajstić information content (AvgIpc) is 2.73. The summed E-state index contributed by atoms with van der Waals surface area (Å²) in [4.78, 5) is 0. The first-order chi connectivity index (χ1) is 7.78. The molecule has 5 nitrogen and oxygen atoms in total. The van der Waals surface area contributed by atoms with Crippen LogP contribution in [0, 0.1) is 0 Å². The molecule has 0 atom stereocenters. The highest BCUT2D eigenvalue weighted by Gasteiger charge is 2.01. The third kappa shape index (κ3) is 2.44. The van der Waals surface area contributed by atoms with Gasteiger partial charge in [-0.3, -0.25) is 0 Å². The Balaban J connectivity index is 1.94. The molecule has 2 aromatic rings. The van der Waals surface area contributed by atoms with Gasteiger partial charge >= 0.3 is 0 Å². The molecule has 1 aromatic carbocycles. The number of hydrogen-bond acceptors (Lipinski definition) is 5. The zero-order chi connectivity index (χ0) is 11.4. The van der Waals surface area contributed by atoms with Gasteiger partial charge in [0.05, 0.1) is 7.11 Å². The molecule has 0 aliphatic carbocycles. The Kier molecular flexibility index (Phi) is 2.95. The Morgan fingerprint density at radius 1 is 1.25 bits per heavy atom. The molecule has 1 heterocycles. The van der Waals surface area contributed by atoms with Crippen molar-refractivity contribution in [1.29, 1.82) is 0 Å². The van der Waals surface area contributed by atoms with E-state index in [1.165, 1.54) is 0 Å². The van der Waals surface area contributed by atoms with Gasteiger partial charge in [0.25, 0.3) is 0 Å². The van der Waals surface area contributed by atoms with Crippen molar-refractivity contribution in [3.8, 4) is 11.5 Å². The molecule has 0 saturated heterocycles. The minimum absolute atomic E-state index is 0.285. The second-order valence-electron chi connectivity index (χ2n) is 3.18. The number of methoxy groups -OCH3 is 1. The molecular weight excluding hydrogens is 208 g/mol. The first-order valence-corrected chi connectivity index (χ1v) is 4.76. The number of rotatable bonds is 4. The van der Waals surface area contributed by atoms with E-state index < -0.39 is 0 Å². The zero-order valence-electron chi connectivity index (χ0n) is 8.84. The number of hydrogen-bond donors (Lipinski definition) is 1. The van der Waals surface area contributed by atoms with Gasteiger partial charge < -0.3 is 19.7 Å². The SMILES string of the molecule is COc1ccc(OCc2cc(N)on2)cc1. The molecule has 0 spiro atoms. The smallest absolute Gasteiger partial charge is 0.222 e. The van der Waals surface area contributed by atoms with Gasteiger partial charge in [-0.15, -0.1) is 0 Å². The van der Waals surface area contributed by atoms with E-state index in [1.54, 1.807) is 13.2 Å². The van der Waals surface area contributed by atoms with Crippen molar-refractivity contribution < 1.29 is 14.0 Å². The van der Waals surface area contributed by atoms with E-state index in [9.17, 15) is 0 Å². The molecule has 0 bridgehead atoms. The zero-order valence-corrected chi connectivity index (χ0v) is 8.84. The number of nitrogens with two attached hydrogens (primary N) is 1. The molecule has 0 aliphatic heterocycles. The van der Waals surface area contributed by atoms with Crippen LogP contribution < -0.4 is 15.2 Å². The maximum Gasteiger partial charge on any atom is 0.222 e. The molecule has 1 aromatic heterocycles. The van der Waals surface area contributed by atoms with E-state index in [0.29, 0.717) is 12.3 Å². The van der Waals surface area contributed by atoms with Crippen LogP contribution in [0.5, 0.6) is 11.5 Å². The topological polar surface area (TPSA) is 70.5 Å². The highest BCUT2D eigenvalue weighted by molar-refractivity contribution is 5.31. The summed E-state index contributed by atoms with van der Waals surface area (Å²) in [5, 5.41) is 3.71. The minimum atomic E-state index is 0.285. The number of aromatic nitrogens is 1. The molecule has 0 aliphatic rings. The van der Waals surface area contributed by atoms with Crippen LogP contribution in [0.1, 0.15) is 5.69 Å². The Bertz CT molecular complexity index is 451. The van der Waals surface area contributed by atoms with Gasteiger partial charge in [0.2, 0.25) is 5.88 Å². The Morgan fingerprint density at radius 2 is 1.94 bits per heavy atom. The lowest BCUT2D eigenvalue weighted by atomic mass is 10.3. The molecule has 0 saturated carbocycles. The molecule has 0 unspecified atom stereocenters. The van der Waals surface area contributed by atoms with Crippen LogP contribution in [-0.4, -0.2) is 12.3 Å². The van der Waals surface area contributed by atoms with Crippen LogP contribution in [0.4, 0.5) is 5.88 Å². The van der Waals surface area contributed by atoms with E-state index in [2.05, 4.69) is 5.16 Å². The average molecular weight is 220 g/mol. The second kappa shape index (κ2) is 4.57. The van der Waals surface area contributed by atoms with Crippen LogP contribution in [0.2, 0.25) is 0 Å². The number of nitrogens with zero attached hydrogens (tertiary/aromatic N) is 1. The van der Waals surface area contributed by atoms with Crippen LogP contribution >= 0.6 is 0 Å². The third-order valence-electron chi connectivity index (χ3n) is 2.02. The van der Waals surface area contributed by atoms with Crippen LogP contribution in [-0.2, 0) is 6.61 Å². The van der Waals surface area contributed by atoms with E-state index in [1.807, 2.05) is 24.3 Å². The standard InChI is InChI=1S/C11H12N2O3/c1-14-9-2-4-10(5-3-9)15-7-8-6-11(12)16-13-8/h2-6H,7,12H2,1H3. The predicted molar refractivity (Wildman–Crippen MR) is 58.2 cm³/mol. The van der Waals surface area contributed by atoms with Crippen molar-refractivity contribution >= 4 is 5.88 Å². The Hall–Kier alpha value is -2.17. The van der Waals surface area contributed by atoms with Gasteiger partial charge in [-0.05, 0) is 24.3 Å². The fourth-order valence-electron chi connectivity index (χ4n) is 1.23. The predicted octanol–water partition coefficient (Wildman–Crippen LogP) is 1.84. The van der Waals surface area contributed by atoms with Gasteiger partial charge in [0.15, 0.2) is 0 Å². The number of anilines is 1. The van der Waals surface area contributed by atoms with E-state index >= 15 is 0 Å². The molecule has 0 radical (unpaired) electrons. The maximum absolute atomic E-state index is 5.47.